The van der Waals surface area contributed by atoms with Crippen molar-refractivity contribution in [2.24, 2.45) is 7.05 Å². The first-order valence-electron chi connectivity index (χ1n) is 9.02. The van der Waals surface area contributed by atoms with Gasteiger partial charge in [0, 0.05) is 0 Å². The molecular formula is C17H17F6N3O7S2+2. The molecule has 0 N–H and O–H groups in total. The number of rotatable bonds is 7. The monoisotopic (exact) mass is 553 g/mol. The van der Waals surface area contributed by atoms with Crippen LogP contribution in [0, 0.1) is 0 Å². The summed E-state index contributed by atoms with van der Waals surface area (Å²) in [7, 11) is -12.6. The number of ether oxygens (including phenoxy) is 2. The molecule has 1 aromatic carbocycles. The molecule has 194 valence electrons. The number of halogens is 6. The van der Waals surface area contributed by atoms with Gasteiger partial charge in [-0.05, 0) is 5.56 Å². The quantitative estimate of drug-likeness (QED) is 0.167. The van der Waals surface area contributed by atoms with Gasteiger partial charge in [0.2, 0.25) is 6.33 Å². The molecule has 1 heterocycles. The number of sulfonamides is 2. The minimum Gasteiger partial charge on any atom is -0.465 e. The van der Waals surface area contributed by atoms with E-state index in [2.05, 4.69) is 4.74 Å². The van der Waals surface area contributed by atoms with Gasteiger partial charge in [0.15, 0.2) is 0 Å². The van der Waals surface area contributed by atoms with Crippen LogP contribution in [0.15, 0.2) is 49.1 Å². The summed E-state index contributed by atoms with van der Waals surface area (Å²) >= 11 is 0. The van der Waals surface area contributed by atoms with Gasteiger partial charge in [0.25, 0.3) is 0 Å². The first-order valence-corrected chi connectivity index (χ1v) is 11.9. The van der Waals surface area contributed by atoms with Crippen LogP contribution < -0.4 is 4.57 Å². The molecule has 0 fully saturated rings. The first-order chi connectivity index (χ1) is 15.9. The summed E-state index contributed by atoms with van der Waals surface area (Å²) in [5.74, 6) is -3.67. The van der Waals surface area contributed by atoms with Crippen molar-refractivity contribution in [2.45, 2.75) is 23.7 Å². The van der Waals surface area contributed by atoms with Gasteiger partial charge in [0.05, 0.1) is 17.5 Å². The summed E-state index contributed by atoms with van der Waals surface area (Å²) < 4.78 is 139. The molecule has 18 heteroatoms. The maximum atomic E-state index is 13.4. The van der Waals surface area contributed by atoms with Gasteiger partial charge in [-0.25, -0.2) is 13.9 Å². The predicted octanol–water partition coefficient (Wildman–Crippen LogP) is 1.35. The van der Waals surface area contributed by atoms with E-state index >= 15 is 0 Å². The molecular weight excluding hydrogens is 536 g/mol. The molecule has 0 saturated carbocycles. The fourth-order valence-electron chi connectivity index (χ4n) is 2.60. The molecule has 0 bridgehead atoms. The second kappa shape index (κ2) is 9.84. The summed E-state index contributed by atoms with van der Waals surface area (Å²) in [6.07, 6.45) is 3.05. The van der Waals surface area contributed by atoms with Crippen LogP contribution in [-0.2, 0) is 48.0 Å². The van der Waals surface area contributed by atoms with E-state index in [1.54, 1.807) is 0 Å². The van der Waals surface area contributed by atoms with Crippen molar-refractivity contribution in [2.75, 3.05) is 7.11 Å². The number of alkyl halides is 6. The first kappa shape index (κ1) is 28.1. The number of aryl methyl sites for hydroxylation is 1. The third-order valence-corrected chi connectivity index (χ3v) is 7.76. The lowest BCUT2D eigenvalue weighted by atomic mass is 10.2. The zero-order valence-electron chi connectivity index (χ0n) is 17.7. The van der Waals surface area contributed by atoms with Crippen molar-refractivity contribution < 1.29 is 65.4 Å². The van der Waals surface area contributed by atoms with Crippen LogP contribution in [0.2, 0.25) is 0 Å². The number of imidazole rings is 1. The topological polar surface area (TPSA) is 116 Å². The fourth-order valence-corrected chi connectivity index (χ4v) is 5.30. The predicted molar refractivity (Wildman–Crippen MR) is 103 cm³/mol. The largest absolute Gasteiger partial charge is 0.561 e. The molecule has 2 rings (SSSR count). The van der Waals surface area contributed by atoms with Gasteiger partial charge in [-0.3, -0.25) is 0 Å². The Labute approximate surface area is 194 Å². The average Bonchev–Trinajstić information content (AvgIpc) is 3.16. The smallest absolute Gasteiger partial charge is 0.465 e. The third kappa shape index (κ3) is 5.75. The Morgan fingerprint density at radius 3 is 1.94 bits per heavy atom. The minimum atomic E-state index is -7.34. The Bertz CT molecular complexity index is 1270. The van der Waals surface area contributed by atoms with Crippen LogP contribution in [0.3, 0.4) is 0 Å². The van der Waals surface area contributed by atoms with Crippen LogP contribution in [0.4, 0.5) is 26.3 Å². The van der Waals surface area contributed by atoms with Crippen LogP contribution in [0.1, 0.15) is 11.6 Å². The van der Waals surface area contributed by atoms with E-state index in [0.29, 0.717) is 11.7 Å². The van der Waals surface area contributed by atoms with E-state index in [1.807, 2.05) is 0 Å². The molecule has 1 aromatic heterocycles. The standard InChI is InChI=1S/C17H17F6N3O7S2/c1-24-8-9-25(11-24)13(15(27)32-2)14(33-10-12-6-4-3-5-7-12)26(34(28,29)16(18,19)20)35(30,31)17(21,22)23/h3-9,11,13H,10H2,1-2H3/q+2/t13-/m1/s1. The number of benzene rings is 1. The molecule has 0 amide bonds. The summed E-state index contributed by atoms with van der Waals surface area (Å²) in [4.78, 5) is 12.5. The lowest BCUT2D eigenvalue weighted by molar-refractivity contribution is -0.671. The summed E-state index contributed by atoms with van der Waals surface area (Å²) in [6, 6.07) is 4.35. The van der Waals surface area contributed by atoms with Gasteiger partial charge in [0.1, 0.15) is 19.0 Å². The van der Waals surface area contributed by atoms with E-state index in [4.69, 9.17) is 4.74 Å². The maximum absolute atomic E-state index is 13.4. The normalized spacial score (nSPS) is 13.7. The SMILES string of the molecule is COC(=O)[C@@H](C(OCc1ccccc1)=[N+](S(=O)(=O)C(F)(F)F)S(=O)(=O)C(F)(F)F)n1cc[n+](C)c1. The molecule has 0 unspecified atom stereocenters. The molecule has 35 heavy (non-hydrogen) atoms. The number of hydrogen-bond acceptors (Lipinski definition) is 7. The molecule has 0 aliphatic rings. The average molecular weight is 553 g/mol. The zero-order valence-corrected chi connectivity index (χ0v) is 19.3. The van der Waals surface area contributed by atoms with Gasteiger partial charge >= 0.3 is 49.0 Å². The second-order valence-corrected chi connectivity index (χ2v) is 10.5. The Kier molecular flexibility index (Phi) is 7.90. The van der Waals surface area contributed by atoms with Crippen molar-refractivity contribution in [1.29, 1.82) is 0 Å². The van der Waals surface area contributed by atoms with Gasteiger partial charge in [-0.15, -0.1) is 0 Å². The van der Waals surface area contributed by atoms with E-state index < -0.39 is 59.0 Å². The molecule has 1 atom stereocenters. The van der Waals surface area contributed by atoms with Crippen LogP contribution in [0.5, 0.6) is 0 Å². The molecule has 10 nitrogen and oxygen atoms in total. The number of hydrogen-bond donors (Lipinski definition) is 0. The van der Waals surface area contributed by atoms with Crippen LogP contribution >= 0.6 is 0 Å². The maximum Gasteiger partial charge on any atom is 0.561 e. The van der Waals surface area contributed by atoms with Crippen molar-refractivity contribution >= 4 is 31.9 Å². The molecule has 0 aliphatic heterocycles. The number of carbonyl (C=O) groups is 1. The molecule has 2 aromatic rings. The molecule has 0 saturated heterocycles. The Morgan fingerprint density at radius 1 is 1.03 bits per heavy atom. The highest BCUT2D eigenvalue weighted by Gasteiger charge is 2.70. The lowest BCUT2D eigenvalue weighted by Gasteiger charge is -2.16. The van der Waals surface area contributed by atoms with Gasteiger partial charge < -0.3 is 9.47 Å². The minimum absolute atomic E-state index is 0.0837. The van der Waals surface area contributed by atoms with E-state index in [1.165, 1.54) is 48.1 Å². The lowest BCUT2D eigenvalue weighted by Crippen LogP contribution is -2.49. The zero-order chi connectivity index (χ0) is 26.8. The second-order valence-electron chi connectivity index (χ2n) is 6.66. The Balaban J connectivity index is 3.04. The number of aromatic nitrogens is 2. The molecule has 0 aliphatic carbocycles. The third-order valence-electron chi connectivity index (χ3n) is 4.18. The Hall–Kier alpha value is -3.15. The summed E-state index contributed by atoms with van der Waals surface area (Å²) in [5.41, 5.74) is -13.0. The highest BCUT2D eigenvalue weighted by molar-refractivity contribution is 7.98. The van der Waals surface area contributed by atoms with Gasteiger partial charge in [-0.1, -0.05) is 30.3 Å². The van der Waals surface area contributed by atoms with E-state index in [0.717, 1.165) is 12.5 Å². The fraction of sp³-hybridized carbons (Fsp3) is 0.353. The molecule has 0 radical (unpaired) electrons. The van der Waals surface area contributed by atoms with Crippen molar-refractivity contribution in [3.05, 3.63) is 54.6 Å². The van der Waals surface area contributed by atoms with E-state index in [9.17, 15) is 48.0 Å². The molecule has 0 spiro atoms. The summed E-state index contributed by atoms with van der Waals surface area (Å²) in [5, 5.41) is 0. The highest BCUT2D eigenvalue weighted by atomic mass is 32.3. The number of methoxy groups -OCH3 is 1. The van der Waals surface area contributed by atoms with Crippen LogP contribution in [0.25, 0.3) is 0 Å². The highest BCUT2D eigenvalue weighted by Crippen LogP contribution is 2.34. The Morgan fingerprint density at radius 2 is 1.54 bits per heavy atom. The van der Waals surface area contributed by atoms with Crippen molar-refractivity contribution in [3.8, 4) is 0 Å². The van der Waals surface area contributed by atoms with E-state index in [-0.39, 0.29) is 5.56 Å². The van der Waals surface area contributed by atoms with Gasteiger partial charge in [-0.2, -0.15) is 43.2 Å². The van der Waals surface area contributed by atoms with Crippen molar-refractivity contribution in [3.63, 3.8) is 0 Å². The number of carbonyl (C=O) groups excluding carboxylic acids is 1. The summed E-state index contributed by atoms with van der Waals surface area (Å²) in [6.45, 7) is -0.922. The van der Waals surface area contributed by atoms with Crippen LogP contribution in [-0.4, -0.2) is 54.8 Å². The number of esters is 1. The van der Waals surface area contributed by atoms with Crippen molar-refractivity contribution in [1.82, 2.24) is 4.57 Å². The number of nitrogens with zero attached hydrogens (tertiary/aromatic N) is 3.